The molecular weight excluding hydrogens is 524 g/mol. The summed E-state index contributed by atoms with van der Waals surface area (Å²) in [5.41, 5.74) is 5.84. The number of rotatable bonds is 9. The summed E-state index contributed by atoms with van der Waals surface area (Å²) in [5.74, 6) is -2.41. The molecule has 2 aromatic carbocycles. The fraction of sp³-hybridized carbons (Fsp3) is 0.167. The van der Waals surface area contributed by atoms with Gasteiger partial charge in [-0.1, -0.05) is 4.98 Å². The summed E-state index contributed by atoms with van der Waals surface area (Å²) in [7, 11) is 3.38. The maximum Gasteiger partial charge on any atom is 0.573 e. The number of hydrogen-bond acceptors (Lipinski definition) is 7. The number of nitrogens with zero attached hydrogens (tertiary/aromatic N) is 2. The Morgan fingerprint density at radius 2 is 1.87 bits per heavy atom. The van der Waals surface area contributed by atoms with E-state index in [9.17, 15) is 27.2 Å². The van der Waals surface area contributed by atoms with Crippen LogP contribution in [-0.2, 0) is 4.79 Å². The Hall–Kier alpha value is -4.92. The van der Waals surface area contributed by atoms with Crippen molar-refractivity contribution in [1.82, 2.24) is 14.9 Å². The Balaban J connectivity index is 1.72. The molecule has 7 N–H and O–H groups in total. The van der Waals surface area contributed by atoms with Crippen LogP contribution in [0.15, 0.2) is 48.7 Å². The van der Waals surface area contributed by atoms with Crippen molar-refractivity contribution in [3.8, 4) is 5.75 Å². The van der Waals surface area contributed by atoms with Crippen LogP contribution in [0.2, 0.25) is 0 Å². The van der Waals surface area contributed by atoms with Crippen LogP contribution in [0.3, 0.4) is 0 Å². The normalized spacial score (nSPS) is 11.5. The lowest BCUT2D eigenvalue weighted by Gasteiger charge is -2.15. The highest BCUT2D eigenvalue weighted by molar-refractivity contribution is 6.00. The quantitative estimate of drug-likeness (QED) is 0.201. The van der Waals surface area contributed by atoms with E-state index >= 15 is 0 Å². The molecule has 2 heterocycles. The van der Waals surface area contributed by atoms with Crippen molar-refractivity contribution >= 4 is 51.7 Å². The molecular formula is C24H23F4N8O3+. The highest BCUT2D eigenvalue weighted by Gasteiger charge is 2.33. The van der Waals surface area contributed by atoms with Crippen LogP contribution in [0.4, 0.5) is 46.4 Å². The van der Waals surface area contributed by atoms with Gasteiger partial charge in [-0.25, -0.2) is 9.37 Å². The molecule has 4 aromatic rings. The number of primary amides is 1. The number of likely N-dealkylation sites (N-methyl/N-ethyl adjacent to an activating group) is 1. The van der Waals surface area contributed by atoms with Gasteiger partial charge in [-0.05, 0) is 50.5 Å². The zero-order chi connectivity index (χ0) is 28.3. The second kappa shape index (κ2) is 10.8. The first kappa shape index (κ1) is 27.1. The molecule has 0 saturated heterocycles. The van der Waals surface area contributed by atoms with E-state index in [2.05, 4.69) is 35.6 Å². The molecule has 2 amide bonds. The molecule has 0 radical (unpaired) electrons. The molecule has 15 heteroatoms. The number of alkyl halides is 3. The number of amides is 2. The van der Waals surface area contributed by atoms with E-state index in [1.165, 1.54) is 18.2 Å². The molecule has 4 rings (SSSR count). The van der Waals surface area contributed by atoms with Crippen LogP contribution in [0.25, 0.3) is 11.0 Å². The van der Waals surface area contributed by atoms with Gasteiger partial charge in [-0.3, -0.25) is 19.9 Å². The second-order valence-electron chi connectivity index (χ2n) is 8.55. The fourth-order valence-electron chi connectivity index (χ4n) is 3.63. The van der Waals surface area contributed by atoms with Crippen LogP contribution in [0.1, 0.15) is 10.4 Å². The maximum absolute atomic E-state index is 13.7. The van der Waals surface area contributed by atoms with Crippen LogP contribution < -0.4 is 31.4 Å². The monoisotopic (exact) mass is 547 g/mol. The van der Waals surface area contributed by atoms with Gasteiger partial charge in [0.2, 0.25) is 17.4 Å². The minimum atomic E-state index is -4.99. The number of aromatic nitrogens is 3. The van der Waals surface area contributed by atoms with E-state index in [0.29, 0.717) is 11.0 Å². The summed E-state index contributed by atoms with van der Waals surface area (Å²) in [6.45, 7) is 0.0497. The van der Waals surface area contributed by atoms with Gasteiger partial charge in [-0.15, -0.1) is 13.2 Å². The Bertz CT molecular complexity index is 1540. The molecule has 0 aliphatic heterocycles. The van der Waals surface area contributed by atoms with Gasteiger partial charge < -0.3 is 26.0 Å². The molecule has 0 aliphatic carbocycles. The molecule has 39 heavy (non-hydrogen) atoms. The zero-order valence-electron chi connectivity index (χ0n) is 20.5. The molecule has 2 aromatic heterocycles. The summed E-state index contributed by atoms with van der Waals surface area (Å²) < 4.78 is 57.1. The standard InChI is InChI=1S/C24H22F4N8O3/c1-36(2)11-19(37)31-13-4-6-18(39-24(26,27)28)17(10-13)33-23-34-21-14(7-8-30-21)22(35-23)32-16-5-3-12(25)9-15(16)20(29)38/h3-10H,11H2,1-2H3,(H2,29,38)(H,31,37)(H3,30,32,33,34,35)/p+1. The third kappa shape index (κ3) is 6.89. The molecule has 0 fully saturated rings. The first-order valence-electron chi connectivity index (χ1n) is 11.3. The lowest BCUT2D eigenvalue weighted by atomic mass is 10.1. The molecule has 0 spiro atoms. The summed E-state index contributed by atoms with van der Waals surface area (Å²) in [6, 6.07) is 8.59. The number of carbonyl (C=O) groups excluding carboxylic acids is 2. The van der Waals surface area contributed by atoms with Crippen LogP contribution in [0.5, 0.6) is 5.75 Å². The number of ether oxygens (including phenoxy) is 1. The van der Waals surface area contributed by atoms with E-state index in [1.54, 1.807) is 31.3 Å². The highest BCUT2D eigenvalue weighted by Crippen LogP contribution is 2.34. The summed E-state index contributed by atoms with van der Waals surface area (Å²) in [5, 5.41) is 8.76. The van der Waals surface area contributed by atoms with Gasteiger partial charge in [-0.2, -0.15) is 0 Å². The van der Waals surface area contributed by atoms with Crippen molar-refractivity contribution in [1.29, 1.82) is 0 Å². The first-order valence-corrected chi connectivity index (χ1v) is 11.3. The maximum atomic E-state index is 13.7. The molecule has 0 bridgehead atoms. The van der Waals surface area contributed by atoms with E-state index in [4.69, 9.17) is 5.73 Å². The fourth-order valence-corrected chi connectivity index (χ4v) is 3.63. The largest absolute Gasteiger partial charge is 0.573 e. The summed E-state index contributed by atoms with van der Waals surface area (Å²) in [4.78, 5) is 35.8. The molecule has 0 aliphatic rings. The third-order valence-corrected chi connectivity index (χ3v) is 5.17. The minimum Gasteiger partial charge on any atom is -0.402 e. The summed E-state index contributed by atoms with van der Waals surface area (Å²) in [6.07, 6.45) is -3.41. The van der Waals surface area contributed by atoms with E-state index in [-0.39, 0.29) is 46.8 Å². The number of H-pyrrole nitrogens is 2. The third-order valence-electron chi connectivity index (χ3n) is 5.17. The Kier molecular flexibility index (Phi) is 7.53. The average Bonchev–Trinajstić information content (AvgIpc) is 3.29. The second-order valence-corrected chi connectivity index (χ2v) is 8.55. The molecule has 204 valence electrons. The number of halogens is 4. The van der Waals surface area contributed by atoms with E-state index in [0.717, 1.165) is 18.2 Å². The minimum absolute atomic E-state index is 0.0426. The number of anilines is 5. The van der Waals surface area contributed by atoms with Crippen molar-refractivity contribution in [2.75, 3.05) is 36.6 Å². The van der Waals surface area contributed by atoms with Gasteiger partial charge in [0.25, 0.3) is 5.91 Å². The number of benzene rings is 2. The predicted octanol–water partition coefficient (Wildman–Crippen LogP) is 3.50. The van der Waals surface area contributed by atoms with Gasteiger partial charge >= 0.3 is 12.3 Å². The lowest BCUT2D eigenvalue weighted by molar-refractivity contribution is -0.333. The van der Waals surface area contributed by atoms with Gasteiger partial charge in [0.05, 0.1) is 23.2 Å². The average molecular weight is 547 g/mol. The van der Waals surface area contributed by atoms with Crippen LogP contribution in [-0.4, -0.2) is 53.7 Å². The van der Waals surface area contributed by atoms with Crippen molar-refractivity contribution in [2.45, 2.75) is 6.36 Å². The van der Waals surface area contributed by atoms with Gasteiger partial charge in [0.15, 0.2) is 5.75 Å². The Morgan fingerprint density at radius 1 is 1.10 bits per heavy atom. The van der Waals surface area contributed by atoms with Crippen molar-refractivity contribution in [2.24, 2.45) is 5.73 Å². The molecule has 0 saturated carbocycles. The lowest BCUT2D eigenvalue weighted by Crippen LogP contribution is -2.27. The number of nitrogens with two attached hydrogens (primary N) is 1. The zero-order valence-corrected chi connectivity index (χ0v) is 20.5. The highest BCUT2D eigenvalue weighted by atomic mass is 19.4. The van der Waals surface area contributed by atoms with Crippen LogP contribution in [0, 0.1) is 5.82 Å². The van der Waals surface area contributed by atoms with E-state index < -0.39 is 23.8 Å². The Morgan fingerprint density at radius 3 is 2.56 bits per heavy atom. The molecule has 0 atom stereocenters. The van der Waals surface area contributed by atoms with Crippen molar-refractivity contribution in [3.05, 3.63) is 60.0 Å². The number of fused-ring (bicyclic) bond motifs is 1. The number of carbonyl (C=O) groups is 2. The first-order chi connectivity index (χ1) is 18.4. The number of aromatic amines is 2. The van der Waals surface area contributed by atoms with Crippen molar-refractivity contribution in [3.63, 3.8) is 0 Å². The molecule has 0 unspecified atom stereocenters. The topological polar surface area (TPSA) is 152 Å². The summed E-state index contributed by atoms with van der Waals surface area (Å²) >= 11 is 0. The smallest absolute Gasteiger partial charge is 0.402 e. The van der Waals surface area contributed by atoms with Crippen molar-refractivity contribution < 1.29 is 36.9 Å². The van der Waals surface area contributed by atoms with Crippen LogP contribution >= 0.6 is 0 Å². The predicted molar refractivity (Wildman–Crippen MR) is 134 cm³/mol. The SMILES string of the molecule is CN(C)CC(=O)Nc1ccc(OC(F)(F)F)c(Nc2nc(Nc3ccc(F)cc3C(N)=O)c3cc[nH]c3[nH+]2)c1. The number of nitrogens with one attached hydrogen (secondary N) is 5. The van der Waals surface area contributed by atoms with E-state index in [1.807, 2.05) is 0 Å². The van der Waals surface area contributed by atoms with Gasteiger partial charge in [0, 0.05) is 18.0 Å². The molecule has 11 nitrogen and oxygen atoms in total. The number of hydrogen-bond donors (Lipinski definition) is 5. The Labute approximate surface area is 218 Å². The van der Waals surface area contributed by atoms with Gasteiger partial charge in [0.1, 0.15) is 11.5 Å².